The maximum Gasteiger partial charge on any atom is -0.00172 e. The average Bonchev–Trinajstić information content (AvgIpc) is 2.24. The lowest BCUT2D eigenvalue weighted by atomic mass is 9.96. The van der Waals surface area contributed by atoms with E-state index in [4.69, 9.17) is 0 Å². The third-order valence-electron chi connectivity index (χ3n) is 2.99. The molecule has 0 atom stereocenters. The van der Waals surface area contributed by atoms with Crippen LogP contribution in [-0.2, 0) is 6.42 Å². The number of aryl methyl sites for hydroxylation is 2. The zero-order valence-electron chi connectivity index (χ0n) is 10.9. The van der Waals surface area contributed by atoms with Crippen molar-refractivity contribution in [2.75, 3.05) is 13.6 Å². The Morgan fingerprint density at radius 1 is 1.25 bits per heavy atom. The van der Waals surface area contributed by atoms with Gasteiger partial charge in [-0.15, -0.1) is 0 Å². The number of rotatable bonds is 5. The molecule has 0 amide bonds. The monoisotopic (exact) mass is 217 g/mol. The van der Waals surface area contributed by atoms with Gasteiger partial charge in [0.25, 0.3) is 0 Å². The lowest BCUT2D eigenvalue weighted by Gasteiger charge is -2.10. The van der Waals surface area contributed by atoms with E-state index in [1.54, 1.807) is 0 Å². The highest BCUT2D eigenvalue weighted by Crippen LogP contribution is 2.17. The molecule has 1 rings (SSSR count). The number of nitrogens with one attached hydrogen (secondary N) is 1. The number of hydrogen-bond acceptors (Lipinski definition) is 1. The molecule has 1 N–H and O–H groups in total. The van der Waals surface area contributed by atoms with Gasteiger partial charge in [0.1, 0.15) is 0 Å². The summed E-state index contributed by atoms with van der Waals surface area (Å²) in [6, 6.07) is 6.53. The molecule has 0 spiro atoms. The topological polar surface area (TPSA) is 12.0 Å². The molecule has 0 fully saturated rings. The van der Waals surface area contributed by atoms with Gasteiger partial charge in [-0.3, -0.25) is 0 Å². The van der Waals surface area contributed by atoms with Crippen molar-refractivity contribution in [2.45, 2.75) is 33.6 Å². The number of allylic oxidation sites excluding steroid dienone is 1. The predicted molar refractivity (Wildman–Crippen MR) is 71.9 cm³/mol. The largest absolute Gasteiger partial charge is 0.319 e. The fraction of sp³-hybridized carbons (Fsp3) is 0.467. The van der Waals surface area contributed by atoms with Crippen LogP contribution in [0.1, 0.15) is 30.0 Å². The standard InChI is InChI=1S/C15H23N/c1-12(7-6-10-16-4)11-15-13(2)8-5-9-14(15)3/h5,7-9,16H,6,10-11H2,1-4H3/b12-7-. The summed E-state index contributed by atoms with van der Waals surface area (Å²) in [6.07, 6.45) is 4.54. The second-order valence-electron chi connectivity index (χ2n) is 4.49. The van der Waals surface area contributed by atoms with Crippen molar-refractivity contribution in [1.29, 1.82) is 0 Å². The molecule has 88 valence electrons. The zero-order valence-corrected chi connectivity index (χ0v) is 10.9. The van der Waals surface area contributed by atoms with E-state index in [1.807, 2.05) is 7.05 Å². The predicted octanol–water partition coefficient (Wildman–Crippen LogP) is 3.40. The molecule has 0 radical (unpaired) electrons. The molecule has 0 aliphatic carbocycles. The second-order valence-corrected chi connectivity index (χ2v) is 4.49. The fourth-order valence-electron chi connectivity index (χ4n) is 1.94. The minimum atomic E-state index is 1.06. The van der Waals surface area contributed by atoms with Gasteiger partial charge in [-0.2, -0.15) is 0 Å². The summed E-state index contributed by atoms with van der Waals surface area (Å²) >= 11 is 0. The summed E-state index contributed by atoms with van der Waals surface area (Å²) < 4.78 is 0. The van der Waals surface area contributed by atoms with Gasteiger partial charge in [-0.05, 0) is 63.9 Å². The Balaban J connectivity index is 2.69. The number of benzene rings is 1. The minimum Gasteiger partial charge on any atom is -0.319 e. The van der Waals surface area contributed by atoms with Gasteiger partial charge in [0.05, 0.1) is 0 Å². The molecule has 0 saturated carbocycles. The van der Waals surface area contributed by atoms with E-state index in [-0.39, 0.29) is 0 Å². The number of hydrogen-bond donors (Lipinski definition) is 1. The smallest absolute Gasteiger partial charge is 0.00172 e. The highest BCUT2D eigenvalue weighted by molar-refractivity contribution is 5.36. The van der Waals surface area contributed by atoms with Crippen LogP contribution in [0.25, 0.3) is 0 Å². The first-order valence-corrected chi connectivity index (χ1v) is 6.00. The summed E-state index contributed by atoms with van der Waals surface area (Å²) in [6.45, 7) is 7.68. The van der Waals surface area contributed by atoms with Crippen LogP contribution in [0.4, 0.5) is 0 Å². The van der Waals surface area contributed by atoms with Gasteiger partial charge in [-0.25, -0.2) is 0 Å². The van der Waals surface area contributed by atoms with Crippen LogP contribution in [0, 0.1) is 13.8 Å². The summed E-state index contributed by atoms with van der Waals surface area (Å²) in [4.78, 5) is 0. The van der Waals surface area contributed by atoms with E-state index in [2.05, 4.69) is 50.4 Å². The quantitative estimate of drug-likeness (QED) is 0.589. The molecule has 1 heteroatoms. The van der Waals surface area contributed by atoms with E-state index < -0.39 is 0 Å². The minimum absolute atomic E-state index is 1.06. The van der Waals surface area contributed by atoms with Gasteiger partial charge in [-0.1, -0.05) is 29.8 Å². The Bertz CT molecular complexity index is 343. The lowest BCUT2D eigenvalue weighted by molar-refractivity contribution is 0.802. The summed E-state index contributed by atoms with van der Waals surface area (Å²) in [5.74, 6) is 0. The maximum absolute atomic E-state index is 3.17. The third-order valence-corrected chi connectivity index (χ3v) is 2.99. The van der Waals surface area contributed by atoms with Crippen LogP contribution in [0.2, 0.25) is 0 Å². The van der Waals surface area contributed by atoms with Gasteiger partial charge in [0.15, 0.2) is 0 Å². The summed E-state index contributed by atoms with van der Waals surface area (Å²) in [7, 11) is 1.99. The van der Waals surface area contributed by atoms with E-state index in [0.29, 0.717) is 0 Å². The second kappa shape index (κ2) is 6.49. The molecule has 0 aromatic heterocycles. The molecule has 1 nitrogen and oxygen atoms in total. The Kier molecular flexibility index (Phi) is 5.27. The Hall–Kier alpha value is -1.08. The molecule has 16 heavy (non-hydrogen) atoms. The van der Waals surface area contributed by atoms with Crippen molar-refractivity contribution in [3.05, 3.63) is 46.5 Å². The summed E-state index contributed by atoms with van der Waals surface area (Å²) in [5.41, 5.74) is 5.76. The molecule has 0 aliphatic rings. The molecule has 0 aliphatic heterocycles. The van der Waals surface area contributed by atoms with E-state index in [9.17, 15) is 0 Å². The van der Waals surface area contributed by atoms with Crippen molar-refractivity contribution in [3.63, 3.8) is 0 Å². The van der Waals surface area contributed by atoms with Gasteiger partial charge in [0.2, 0.25) is 0 Å². The van der Waals surface area contributed by atoms with Crippen LogP contribution in [0.5, 0.6) is 0 Å². The first-order chi connectivity index (χ1) is 7.65. The van der Waals surface area contributed by atoms with Crippen LogP contribution in [0.15, 0.2) is 29.8 Å². The molecule has 0 unspecified atom stereocenters. The highest BCUT2D eigenvalue weighted by Gasteiger charge is 2.02. The van der Waals surface area contributed by atoms with Crippen molar-refractivity contribution >= 4 is 0 Å². The van der Waals surface area contributed by atoms with E-state index >= 15 is 0 Å². The van der Waals surface area contributed by atoms with Crippen LogP contribution in [0.3, 0.4) is 0 Å². The normalized spacial score (nSPS) is 11.9. The third kappa shape index (κ3) is 3.82. The van der Waals surface area contributed by atoms with Crippen molar-refractivity contribution in [2.24, 2.45) is 0 Å². The summed E-state index contributed by atoms with van der Waals surface area (Å²) in [5, 5.41) is 3.17. The van der Waals surface area contributed by atoms with Gasteiger partial charge in [0, 0.05) is 0 Å². The first kappa shape index (κ1) is 13.0. The Morgan fingerprint density at radius 2 is 1.88 bits per heavy atom. The highest BCUT2D eigenvalue weighted by atomic mass is 14.8. The molecule has 0 saturated heterocycles. The molecular weight excluding hydrogens is 194 g/mol. The van der Waals surface area contributed by atoms with Crippen molar-refractivity contribution in [1.82, 2.24) is 5.32 Å². The van der Waals surface area contributed by atoms with Crippen molar-refractivity contribution in [3.8, 4) is 0 Å². The molecule has 1 aromatic carbocycles. The molecule has 1 aromatic rings. The van der Waals surface area contributed by atoms with Crippen LogP contribution >= 0.6 is 0 Å². The van der Waals surface area contributed by atoms with Crippen LogP contribution in [-0.4, -0.2) is 13.6 Å². The lowest BCUT2D eigenvalue weighted by Crippen LogP contribution is -2.06. The Morgan fingerprint density at radius 3 is 2.44 bits per heavy atom. The van der Waals surface area contributed by atoms with Crippen LogP contribution < -0.4 is 5.32 Å². The Labute approximate surface area is 99.6 Å². The maximum atomic E-state index is 3.17. The molecular formula is C15H23N. The van der Waals surface area contributed by atoms with E-state index in [1.165, 1.54) is 22.3 Å². The van der Waals surface area contributed by atoms with Gasteiger partial charge >= 0.3 is 0 Å². The SMILES string of the molecule is CNCC/C=C(/C)Cc1c(C)cccc1C. The molecule has 0 bridgehead atoms. The molecule has 0 heterocycles. The first-order valence-electron chi connectivity index (χ1n) is 6.00. The zero-order chi connectivity index (χ0) is 12.0. The van der Waals surface area contributed by atoms with Crippen molar-refractivity contribution < 1.29 is 0 Å². The fourth-order valence-corrected chi connectivity index (χ4v) is 1.94. The van der Waals surface area contributed by atoms with Gasteiger partial charge < -0.3 is 5.32 Å². The van der Waals surface area contributed by atoms with E-state index in [0.717, 1.165) is 19.4 Å². The average molecular weight is 217 g/mol.